The minimum atomic E-state index is 0.0773. The second-order valence-corrected chi connectivity index (χ2v) is 8.63. The molecule has 0 aliphatic carbocycles. The minimum absolute atomic E-state index is 0.0773. The van der Waals surface area contributed by atoms with Gasteiger partial charge in [-0.2, -0.15) is 0 Å². The molecule has 0 aromatic heterocycles. The molecule has 1 aliphatic rings. The number of fused-ring (bicyclic) bond motifs is 1. The Morgan fingerprint density at radius 3 is 2.63 bits per heavy atom. The minimum Gasteiger partial charge on any atom is -0.496 e. The van der Waals surface area contributed by atoms with Gasteiger partial charge >= 0.3 is 0 Å². The third-order valence-electron chi connectivity index (χ3n) is 5.33. The number of benzene rings is 2. The van der Waals surface area contributed by atoms with Gasteiger partial charge in [-0.1, -0.05) is 41.9 Å². The molecule has 1 aliphatic heterocycles. The van der Waals surface area contributed by atoms with E-state index in [1.807, 2.05) is 12.1 Å². The van der Waals surface area contributed by atoms with Gasteiger partial charge in [-0.05, 0) is 48.6 Å². The SMILES string of the molecule is COc1cc(Br)ccc1[C@@H]1c2ccc(N)c(C=N)c2C[C@@H](C)N1CC(C)C. The van der Waals surface area contributed by atoms with Crippen LogP contribution in [0.3, 0.4) is 0 Å². The van der Waals surface area contributed by atoms with Gasteiger partial charge < -0.3 is 15.9 Å². The second-order valence-electron chi connectivity index (χ2n) is 7.71. The van der Waals surface area contributed by atoms with Crippen molar-refractivity contribution in [3.05, 3.63) is 57.1 Å². The first-order valence-corrected chi connectivity index (χ1v) is 10.2. The van der Waals surface area contributed by atoms with E-state index in [1.165, 1.54) is 17.3 Å². The number of rotatable bonds is 5. The van der Waals surface area contributed by atoms with Gasteiger partial charge in [-0.15, -0.1) is 0 Å². The first-order valence-electron chi connectivity index (χ1n) is 9.38. The monoisotopic (exact) mass is 429 g/mol. The molecule has 3 rings (SSSR count). The van der Waals surface area contributed by atoms with Crippen LogP contribution < -0.4 is 10.5 Å². The summed E-state index contributed by atoms with van der Waals surface area (Å²) in [6.45, 7) is 7.77. The van der Waals surface area contributed by atoms with Crippen molar-refractivity contribution < 1.29 is 4.74 Å². The van der Waals surface area contributed by atoms with Crippen LogP contribution in [0.1, 0.15) is 49.1 Å². The highest BCUT2D eigenvalue weighted by atomic mass is 79.9. The number of anilines is 1. The summed E-state index contributed by atoms with van der Waals surface area (Å²) in [4.78, 5) is 2.56. The molecular weight excluding hydrogens is 402 g/mol. The van der Waals surface area contributed by atoms with Gasteiger partial charge in [-0.3, -0.25) is 4.90 Å². The maximum absolute atomic E-state index is 7.88. The average molecular weight is 430 g/mol. The summed E-state index contributed by atoms with van der Waals surface area (Å²) in [6.07, 6.45) is 2.29. The molecule has 2 atom stereocenters. The lowest BCUT2D eigenvalue weighted by molar-refractivity contribution is 0.131. The Kier molecular flexibility index (Phi) is 5.92. The number of halogens is 1. The highest BCUT2D eigenvalue weighted by Crippen LogP contribution is 2.43. The zero-order valence-electron chi connectivity index (χ0n) is 16.4. The molecule has 3 N–H and O–H groups in total. The quantitative estimate of drug-likeness (QED) is 0.517. The third kappa shape index (κ3) is 3.76. The lowest BCUT2D eigenvalue weighted by Crippen LogP contribution is -2.45. The summed E-state index contributed by atoms with van der Waals surface area (Å²) < 4.78 is 6.74. The highest BCUT2D eigenvalue weighted by Gasteiger charge is 2.36. The number of hydrogen-bond donors (Lipinski definition) is 2. The van der Waals surface area contributed by atoms with Gasteiger partial charge in [0.25, 0.3) is 0 Å². The van der Waals surface area contributed by atoms with Crippen LogP contribution in [0.15, 0.2) is 34.8 Å². The largest absolute Gasteiger partial charge is 0.496 e. The van der Waals surface area contributed by atoms with E-state index in [1.54, 1.807) is 7.11 Å². The van der Waals surface area contributed by atoms with E-state index in [-0.39, 0.29) is 6.04 Å². The average Bonchev–Trinajstić information content (AvgIpc) is 2.62. The van der Waals surface area contributed by atoms with Gasteiger partial charge in [0, 0.05) is 40.1 Å². The summed E-state index contributed by atoms with van der Waals surface area (Å²) >= 11 is 3.55. The molecule has 0 saturated carbocycles. The predicted molar refractivity (Wildman–Crippen MR) is 116 cm³/mol. The normalized spacial score (nSPS) is 19.8. The van der Waals surface area contributed by atoms with Crippen molar-refractivity contribution in [3.8, 4) is 5.75 Å². The number of methoxy groups -OCH3 is 1. The van der Waals surface area contributed by atoms with Gasteiger partial charge in [0.15, 0.2) is 0 Å². The summed E-state index contributed by atoms with van der Waals surface area (Å²) in [5, 5.41) is 7.88. The lowest BCUT2D eigenvalue weighted by Gasteiger charge is -2.44. The highest BCUT2D eigenvalue weighted by molar-refractivity contribution is 9.10. The van der Waals surface area contributed by atoms with E-state index in [2.05, 4.69) is 59.8 Å². The Bertz CT molecular complexity index is 850. The Morgan fingerprint density at radius 1 is 1.30 bits per heavy atom. The van der Waals surface area contributed by atoms with Crippen molar-refractivity contribution in [2.24, 2.45) is 5.92 Å². The molecule has 1 heterocycles. The molecule has 2 aromatic carbocycles. The molecule has 27 heavy (non-hydrogen) atoms. The van der Waals surface area contributed by atoms with Crippen LogP contribution in [-0.2, 0) is 6.42 Å². The standard InChI is InChI=1S/C22H28BrN3O/c1-13(2)12-26-14(3)9-18-16(7-8-20(25)19(18)11-24)22(26)17-6-5-15(23)10-21(17)27-4/h5-8,10-11,13-14,22,24H,9,12,25H2,1-4H3/t14-,22+/m1/s1. The molecule has 144 valence electrons. The van der Waals surface area contributed by atoms with Crippen molar-refractivity contribution in [1.82, 2.24) is 4.90 Å². The predicted octanol–water partition coefficient (Wildman–Crippen LogP) is 5.03. The molecule has 0 unspecified atom stereocenters. The molecule has 0 spiro atoms. The summed E-state index contributed by atoms with van der Waals surface area (Å²) in [7, 11) is 1.72. The number of nitrogens with two attached hydrogens (primary N) is 1. The van der Waals surface area contributed by atoms with Crippen LogP contribution in [0, 0.1) is 11.3 Å². The topological polar surface area (TPSA) is 62.3 Å². The zero-order valence-corrected chi connectivity index (χ0v) is 18.0. The van der Waals surface area contributed by atoms with Crippen LogP contribution >= 0.6 is 15.9 Å². The molecule has 4 nitrogen and oxygen atoms in total. The number of hydrogen-bond acceptors (Lipinski definition) is 4. The molecule has 0 fully saturated rings. The van der Waals surface area contributed by atoms with Crippen LogP contribution in [0.5, 0.6) is 5.75 Å². The molecule has 0 bridgehead atoms. The second kappa shape index (κ2) is 8.03. The Hall–Kier alpha value is -1.85. The van der Waals surface area contributed by atoms with E-state index >= 15 is 0 Å². The van der Waals surface area contributed by atoms with Crippen LogP contribution in [-0.4, -0.2) is 30.8 Å². The van der Waals surface area contributed by atoms with Crippen molar-refractivity contribution in [2.45, 2.75) is 39.3 Å². The smallest absolute Gasteiger partial charge is 0.125 e. The Labute approximate surface area is 170 Å². The number of nitrogens with zero attached hydrogens (tertiary/aromatic N) is 1. The van der Waals surface area contributed by atoms with E-state index in [0.29, 0.717) is 17.6 Å². The van der Waals surface area contributed by atoms with Gasteiger partial charge in [-0.25, -0.2) is 0 Å². The first-order chi connectivity index (χ1) is 12.9. The molecule has 5 heteroatoms. The van der Waals surface area contributed by atoms with Gasteiger partial charge in [0.05, 0.1) is 13.2 Å². The summed E-state index contributed by atoms with van der Waals surface area (Å²) in [5.41, 5.74) is 11.3. The third-order valence-corrected chi connectivity index (χ3v) is 5.82. The van der Waals surface area contributed by atoms with Crippen LogP contribution in [0.4, 0.5) is 5.69 Å². The fourth-order valence-corrected chi connectivity index (χ4v) is 4.50. The lowest BCUT2D eigenvalue weighted by atomic mass is 9.81. The molecular formula is C22H28BrN3O. The first kappa shape index (κ1) is 19.9. The number of nitrogen functional groups attached to an aromatic ring is 1. The van der Waals surface area contributed by atoms with E-state index in [4.69, 9.17) is 15.9 Å². The van der Waals surface area contributed by atoms with E-state index < -0.39 is 0 Å². The van der Waals surface area contributed by atoms with Crippen LogP contribution in [0.2, 0.25) is 0 Å². The van der Waals surface area contributed by atoms with E-state index in [0.717, 1.165) is 34.3 Å². The summed E-state index contributed by atoms with van der Waals surface area (Å²) in [6, 6.07) is 10.7. The fraction of sp³-hybridized carbons (Fsp3) is 0.409. The zero-order chi connectivity index (χ0) is 19.7. The van der Waals surface area contributed by atoms with Crippen LogP contribution in [0.25, 0.3) is 0 Å². The fourth-order valence-electron chi connectivity index (χ4n) is 4.16. The number of ether oxygens (including phenoxy) is 1. The molecule has 0 radical (unpaired) electrons. The van der Waals surface area contributed by atoms with Crippen molar-refractivity contribution in [3.63, 3.8) is 0 Å². The van der Waals surface area contributed by atoms with Gasteiger partial charge in [0.2, 0.25) is 0 Å². The molecule has 2 aromatic rings. The van der Waals surface area contributed by atoms with E-state index in [9.17, 15) is 0 Å². The van der Waals surface area contributed by atoms with Crippen molar-refractivity contribution in [2.75, 3.05) is 19.4 Å². The Morgan fingerprint density at radius 2 is 2.00 bits per heavy atom. The van der Waals surface area contributed by atoms with Gasteiger partial charge in [0.1, 0.15) is 5.75 Å². The van der Waals surface area contributed by atoms with Crippen molar-refractivity contribution in [1.29, 1.82) is 5.41 Å². The number of nitrogens with one attached hydrogen (secondary N) is 1. The van der Waals surface area contributed by atoms with Crippen molar-refractivity contribution >= 4 is 27.8 Å². The maximum Gasteiger partial charge on any atom is 0.125 e. The molecule has 0 saturated heterocycles. The Balaban J connectivity index is 2.25. The maximum atomic E-state index is 7.88. The summed E-state index contributed by atoms with van der Waals surface area (Å²) in [5.74, 6) is 1.42. The molecule has 0 amide bonds.